The SMILES string of the molecule is Cc1c2ccccc2n2c1c(-c1ccccc1)c(S(=O)(=O)c1ccc(-c3ccccc3)cc1)c1ccccc12. The minimum Gasteiger partial charge on any atom is -0.308 e. The average molecular weight is 524 g/mol. The maximum atomic E-state index is 14.7. The summed E-state index contributed by atoms with van der Waals surface area (Å²) in [5, 5.41) is 1.82. The van der Waals surface area contributed by atoms with Crippen LogP contribution in [0.25, 0.3) is 49.6 Å². The molecule has 0 aliphatic heterocycles. The maximum Gasteiger partial charge on any atom is 0.207 e. The molecule has 0 saturated heterocycles. The van der Waals surface area contributed by atoms with Gasteiger partial charge in [0.15, 0.2) is 0 Å². The minimum atomic E-state index is -3.90. The molecule has 3 nitrogen and oxygen atoms in total. The van der Waals surface area contributed by atoms with E-state index in [2.05, 4.69) is 23.5 Å². The molecule has 188 valence electrons. The van der Waals surface area contributed by atoms with Crippen LogP contribution in [0.1, 0.15) is 5.56 Å². The predicted octanol–water partition coefficient (Wildman–Crippen LogP) is 8.72. The van der Waals surface area contributed by atoms with Crippen LogP contribution in [0.5, 0.6) is 0 Å². The topological polar surface area (TPSA) is 38.5 Å². The van der Waals surface area contributed by atoms with Crippen LogP contribution in [-0.2, 0) is 9.84 Å². The van der Waals surface area contributed by atoms with Crippen LogP contribution in [0.15, 0.2) is 143 Å². The molecule has 7 aromatic rings. The number of hydrogen-bond acceptors (Lipinski definition) is 2. The Morgan fingerprint density at radius 2 is 1.00 bits per heavy atom. The van der Waals surface area contributed by atoms with Crippen LogP contribution < -0.4 is 0 Å². The molecule has 0 aliphatic carbocycles. The zero-order chi connectivity index (χ0) is 26.6. The van der Waals surface area contributed by atoms with Crippen molar-refractivity contribution in [2.75, 3.05) is 0 Å². The minimum absolute atomic E-state index is 0.280. The summed E-state index contributed by atoms with van der Waals surface area (Å²) in [6.45, 7) is 2.09. The fraction of sp³-hybridized carbons (Fsp3) is 0.0286. The summed E-state index contributed by atoms with van der Waals surface area (Å²) in [5.41, 5.74) is 7.55. The molecule has 39 heavy (non-hydrogen) atoms. The molecule has 2 aromatic heterocycles. The molecule has 0 spiro atoms. The van der Waals surface area contributed by atoms with E-state index >= 15 is 0 Å². The summed E-state index contributed by atoms with van der Waals surface area (Å²) >= 11 is 0. The van der Waals surface area contributed by atoms with Crippen molar-refractivity contribution in [3.8, 4) is 22.3 Å². The average Bonchev–Trinajstić information content (AvgIpc) is 3.30. The van der Waals surface area contributed by atoms with E-state index in [4.69, 9.17) is 0 Å². The van der Waals surface area contributed by atoms with Gasteiger partial charge in [-0.25, -0.2) is 8.42 Å². The molecule has 5 aromatic carbocycles. The van der Waals surface area contributed by atoms with Gasteiger partial charge in [0.1, 0.15) is 0 Å². The number of fused-ring (bicyclic) bond motifs is 5. The molecule has 0 bridgehead atoms. The molecule has 0 fully saturated rings. The van der Waals surface area contributed by atoms with Gasteiger partial charge in [0.2, 0.25) is 9.84 Å². The number of para-hydroxylation sites is 2. The van der Waals surface area contributed by atoms with Gasteiger partial charge in [-0.15, -0.1) is 0 Å². The highest BCUT2D eigenvalue weighted by Crippen LogP contribution is 2.44. The number of benzene rings is 5. The lowest BCUT2D eigenvalue weighted by molar-refractivity contribution is 0.597. The molecule has 4 heteroatoms. The van der Waals surface area contributed by atoms with E-state index in [0.717, 1.165) is 49.8 Å². The van der Waals surface area contributed by atoms with Crippen molar-refractivity contribution < 1.29 is 8.42 Å². The summed E-state index contributed by atoms with van der Waals surface area (Å²) in [6, 6.07) is 43.2. The summed E-state index contributed by atoms with van der Waals surface area (Å²) in [6.07, 6.45) is 0. The third-order valence-corrected chi connectivity index (χ3v) is 9.44. The second-order valence-corrected chi connectivity index (χ2v) is 11.7. The fourth-order valence-electron chi connectivity index (χ4n) is 5.78. The Morgan fingerprint density at radius 1 is 0.513 bits per heavy atom. The summed E-state index contributed by atoms with van der Waals surface area (Å²) in [5.74, 6) is 0. The van der Waals surface area contributed by atoms with Crippen LogP contribution in [-0.4, -0.2) is 12.8 Å². The molecule has 0 N–H and O–H groups in total. The number of rotatable bonds is 4. The standard InChI is InChI=1S/C35H25NO2S/c1-24-29-16-8-10-18-31(29)36-32-19-11-9-17-30(32)35(33(34(24)36)27-14-6-3-7-15-27)39(37,38)28-22-20-26(21-23-28)25-12-4-2-5-13-25/h2-23H,1H3. The lowest BCUT2D eigenvalue weighted by atomic mass is 10.0. The smallest absolute Gasteiger partial charge is 0.207 e. The van der Waals surface area contributed by atoms with Crippen molar-refractivity contribution in [3.05, 3.63) is 139 Å². The fourth-order valence-corrected chi connectivity index (χ4v) is 7.46. The molecule has 2 heterocycles. The lowest BCUT2D eigenvalue weighted by Gasteiger charge is -2.18. The maximum absolute atomic E-state index is 14.7. The highest BCUT2D eigenvalue weighted by Gasteiger charge is 2.29. The van der Waals surface area contributed by atoms with Crippen molar-refractivity contribution >= 4 is 37.2 Å². The first-order valence-corrected chi connectivity index (χ1v) is 14.4. The van der Waals surface area contributed by atoms with E-state index in [1.54, 1.807) is 12.1 Å². The quantitative estimate of drug-likeness (QED) is 0.231. The number of hydrogen-bond donors (Lipinski definition) is 0. The predicted molar refractivity (Wildman–Crippen MR) is 160 cm³/mol. The number of aromatic nitrogens is 1. The summed E-state index contributed by atoms with van der Waals surface area (Å²) < 4.78 is 31.5. The van der Waals surface area contributed by atoms with E-state index in [1.165, 1.54) is 0 Å². The third-order valence-electron chi connectivity index (χ3n) is 7.58. The van der Waals surface area contributed by atoms with Gasteiger partial charge in [0, 0.05) is 16.3 Å². The number of sulfone groups is 1. The van der Waals surface area contributed by atoms with Crippen molar-refractivity contribution in [1.29, 1.82) is 0 Å². The van der Waals surface area contributed by atoms with Crippen LogP contribution in [0.3, 0.4) is 0 Å². The first kappa shape index (κ1) is 23.4. The highest BCUT2D eigenvalue weighted by molar-refractivity contribution is 7.92. The normalized spacial score (nSPS) is 11.9. The second kappa shape index (κ2) is 8.97. The monoisotopic (exact) mass is 523 g/mol. The summed E-state index contributed by atoms with van der Waals surface area (Å²) in [4.78, 5) is 0.623. The van der Waals surface area contributed by atoms with Crippen LogP contribution >= 0.6 is 0 Å². The van der Waals surface area contributed by atoms with Gasteiger partial charge in [-0.2, -0.15) is 0 Å². The Balaban J connectivity index is 1.61. The first-order valence-electron chi connectivity index (χ1n) is 13.0. The third kappa shape index (κ3) is 3.60. The van der Waals surface area contributed by atoms with Crippen molar-refractivity contribution in [2.24, 2.45) is 0 Å². The van der Waals surface area contributed by atoms with E-state index < -0.39 is 9.84 Å². The highest BCUT2D eigenvalue weighted by atomic mass is 32.2. The molecule has 0 radical (unpaired) electrons. The Hall–Kier alpha value is -4.67. The largest absolute Gasteiger partial charge is 0.308 e. The molecule has 0 saturated carbocycles. The van der Waals surface area contributed by atoms with E-state index in [-0.39, 0.29) is 4.90 Å². The van der Waals surface area contributed by atoms with Crippen LogP contribution in [0.2, 0.25) is 0 Å². The van der Waals surface area contributed by atoms with Crippen LogP contribution in [0, 0.1) is 6.92 Å². The Bertz CT molecular complexity index is 2110. The van der Waals surface area contributed by atoms with Crippen molar-refractivity contribution in [2.45, 2.75) is 16.7 Å². The summed E-state index contributed by atoms with van der Waals surface area (Å²) in [7, 11) is -3.90. The molecule has 7 rings (SSSR count). The van der Waals surface area contributed by atoms with Crippen molar-refractivity contribution in [1.82, 2.24) is 4.40 Å². The second-order valence-electron chi connectivity index (χ2n) is 9.81. The Labute approximate surface area is 227 Å². The van der Waals surface area contributed by atoms with Gasteiger partial charge in [-0.1, -0.05) is 109 Å². The van der Waals surface area contributed by atoms with Gasteiger partial charge in [0.25, 0.3) is 0 Å². The molecular formula is C35H25NO2S. The number of nitrogens with zero attached hydrogens (tertiary/aromatic N) is 1. The first-order chi connectivity index (χ1) is 19.1. The molecule has 0 aliphatic rings. The Morgan fingerprint density at radius 3 is 1.64 bits per heavy atom. The van der Waals surface area contributed by atoms with E-state index in [1.807, 2.05) is 109 Å². The lowest BCUT2D eigenvalue weighted by Crippen LogP contribution is -2.08. The zero-order valence-electron chi connectivity index (χ0n) is 21.4. The van der Waals surface area contributed by atoms with Crippen molar-refractivity contribution in [3.63, 3.8) is 0 Å². The molecule has 0 unspecified atom stereocenters. The van der Waals surface area contributed by atoms with Crippen LogP contribution in [0.4, 0.5) is 0 Å². The Kier molecular flexibility index (Phi) is 5.39. The van der Waals surface area contributed by atoms with Gasteiger partial charge in [-0.3, -0.25) is 0 Å². The van der Waals surface area contributed by atoms with E-state index in [9.17, 15) is 8.42 Å². The van der Waals surface area contributed by atoms with E-state index in [0.29, 0.717) is 10.3 Å². The van der Waals surface area contributed by atoms with Gasteiger partial charge < -0.3 is 4.40 Å². The molecular weight excluding hydrogens is 498 g/mol. The molecule has 0 atom stereocenters. The molecule has 0 amide bonds. The van der Waals surface area contributed by atoms with Gasteiger partial charge in [-0.05, 0) is 53.4 Å². The van der Waals surface area contributed by atoms with Gasteiger partial charge >= 0.3 is 0 Å². The number of aryl methyl sites for hydroxylation is 1. The zero-order valence-corrected chi connectivity index (χ0v) is 22.2. The number of pyridine rings is 1. The van der Waals surface area contributed by atoms with Gasteiger partial charge in [0.05, 0.1) is 26.3 Å².